The molecule has 0 amide bonds. The lowest BCUT2D eigenvalue weighted by Crippen LogP contribution is -2.13. The summed E-state index contributed by atoms with van der Waals surface area (Å²) in [4.78, 5) is 11.6. The maximum atomic E-state index is 13.1. The van der Waals surface area contributed by atoms with E-state index in [9.17, 15) is 17.6 Å². The minimum atomic E-state index is -3.82. The van der Waals surface area contributed by atoms with Crippen molar-refractivity contribution in [3.8, 4) is 11.1 Å². The van der Waals surface area contributed by atoms with Crippen LogP contribution in [0.5, 0.6) is 0 Å². The Labute approximate surface area is 157 Å². The zero-order valence-electron chi connectivity index (χ0n) is 14.2. The molecule has 0 aliphatic heterocycles. The van der Waals surface area contributed by atoms with Gasteiger partial charge < -0.3 is 0 Å². The largest absolute Gasteiger partial charge is 0.289 e. The monoisotopic (exact) mass is 381 g/mol. The summed E-state index contributed by atoms with van der Waals surface area (Å²) in [5.74, 6) is -0.598. The molecule has 27 heavy (non-hydrogen) atoms. The van der Waals surface area contributed by atoms with Crippen molar-refractivity contribution in [1.29, 1.82) is 0 Å². The molecule has 1 N–H and O–H groups in total. The van der Waals surface area contributed by atoms with E-state index in [1.165, 1.54) is 54.6 Å². The zero-order valence-corrected chi connectivity index (χ0v) is 15.0. The summed E-state index contributed by atoms with van der Waals surface area (Å²) in [6, 6.07) is 18.3. The van der Waals surface area contributed by atoms with Gasteiger partial charge in [0.1, 0.15) is 5.82 Å². The van der Waals surface area contributed by atoms with Crippen molar-refractivity contribution in [2.24, 2.45) is 0 Å². The molecule has 0 aliphatic carbocycles. The molecule has 3 rings (SSSR count). The molecule has 0 radical (unpaired) electrons. The molecule has 0 spiro atoms. The highest BCUT2D eigenvalue weighted by atomic mass is 32.2. The number of sulfonamides is 1. The molecule has 0 atom stereocenters. The summed E-state index contributed by atoms with van der Waals surface area (Å²) in [7, 11) is -3.82. The Balaban J connectivity index is 1.86. The van der Waals surface area contributed by atoms with E-state index in [1.54, 1.807) is 24.3 Å². The molecular weight excluding hydrogens is 365 g/mol. The first-order valence-electron chi connectivity index (χ1n) is 8.05. The van der Waals surface area contributed by atoms with Crippen molar-refractivity contribution in [3.05, 3.63) is 96.8 Å². The number of rotatable bonds is 6. The molecular formula is C21H16FNO3S. The lowest BCUT2D eigenvalue weighted by Gasteiger charge is -2.10. The van der Waals surface area contributed by atoms with Crippen LogP contribution in [0.3, 0.4) is 0 Å². The fourth-order valence-corrected chi connectivity index (χ4v) is 3.62. The molecule has 0 heterocycles. The van der Waals surface area contributed by atoms with Crippen LogP contribution in [0.1, 0.15) is 10.4 Å². The van der Waals surface area contributed by atoms with Crippen LogP contribution in [0, 0.1) is 5.82 Å². The highest BCUT2D eigenvalue weighted by molar-refractivity contribution is 7.92. The maximum absolute atomic E-state index is 13.1. The van der Waals surface area contributed by atoms with Crippen LogP contribution in [0.4, 0.5) is 10.1 Å². The predicted molar refractivity (Wildman–Crippen MR) is 104 cm³/mol. The van der Waals surface area contributed by atoms with Crippen LogP contribution < -0.4 is 4.72 Å². The maximum Gasteiger partial charge on any atom is 0.261 e. The van der Waals surface area contributed by atoms with Gasteiger partial charge in [-0.3, -0.25) is 9.52 Å². The van der Waals surface area contributed by atoms with Gasteiger partial charge in [-0.15, -0.1) is 0 Å². The predicted octanol–water partition coefficient (Wildman–Crippen LogP) is 4.66. The van der Waals surface area contributed by atoms with E-state index in [0.29, 0.717) is 22.4 Å². The topological polar surface area (TPSA) is 63.2 Å². The van der Waals surface area contributed by atoms with Crippen LogP contribution >= 0.6 is 0 Å². The Morgan fingerprint density at radius 3 is 2.22 bits per heavy atom. The van der Waals surface area contributed by atoms with E-state index in [1.807, 2.05) is 0 Å². The van der Waals surface area contributed by atoms with Crippen molar-refractivity contribution >= 4 is 21.5 Å². The minimum absolute atomic E-state index is 0.0792. The molecule has 3 aromatic carbocycles. The molecule has 0 saturated heterocycles. The van der Waals surface area contributed by atoms with E-state index >= 15 is 0 Å². The summed E-state index contributed by atoms with van der Waals surface area (Å²) in [5, 5.41) is 0. The van der Waals surface area contributed by atoms with Gasteiger partial charge in [0.15, 0.2) is 5.78 Å². The normalized spacial score (nSPS) is 11.0. The number of carbonyl (C=O) groups excluding carboxylic acids is 1. The molecule has 4 nitrogen and oxygen atoms in total. The summed E-state index contributed by atoms with van der Waals surface area (Å²) in [6.45, 7) is 3.41. The molecule has 6 heteroatoms. The fourth-order valence-electron chi connectivity index (χ4n) is 2.52. The van der Waals surface area contributed by atoms with Gasteiger partial charge in [-0.1, -0.05) is 30.8 Å². The average molecular weight is 381 g/mol. The lowest BCUT2D eigenvalue weighted by atomic mass is 10.1. The number of benzene rings is 3. The Morgan fingerprint density at radius 1 is 0.926 bits per heavy atom. The standard InChI is InChI=1S/C21H16FNO3S/c1-2-21(24)16-8-12-19(13-9-16)23-27(25,26)20-5-3-4-17(14-20)15-6-10-18(22)11-7-15/h2-14,23H,1H2. The second kappa shape index (κ2) is 7.55. The van der Waals surface area contributed by atoms with Crippen LogP contribution in [-0.2, 0) is 10.0 Å². The Bertz CT molecular complexity index is 1090. The van der Waals surface area contributed by atoms with Crippen molar-refractivity contribution < 1.29 is 17.6 Å². The number of hydrogen-bond donors (Lipinski definition) is 1. The van der Waals surface area contributed by atoms with Gasteiger partial charge >= 0.3 is 0 Å². The van der Waals surface area contributed by atoms with Gasteiger partial charge in [-0.2, -0.15) is 0 Å². The van der Waals surface area contributed by atoms with Gasteiger partial charge in [-0.25, -0.2) is 12.8 Å². The van der Waals surface area contributed by atoms with Crippen molar-refractivity contribution in [2.75, 3.05) is 4.72 Å². The van der Waals surface area contributed by atoms with Gasteiger partial charge in [0.25, 0.3) is 10.0 Å². The smallest absolute Gasteiger partial charge is 0.261 e. The van der Waals surface area contributed by atoms with Gasteiger partial charge in [0.2, 0.25) is 0 Å². The van der Waals surface area contributed by atoms with E-state index in [2.05, 4.69) is 11.3 Å². The van der Waals surface area contributed by atoms with Crippen LogP contribution in [-0.4, -0.2) is 14.2 Å². The van der Waals surface area contributed by atoms with Gasteiger partial charge in [0.05, 0.1) is 4.90 Å². The average Bonchev–Trinajstić information content (AvgIpc) is 2.68. The first-order valence-corrected chi connectivity index (χ1v) is 9.53. The van der Waals surface area contributed by atoms with E-state index in [0.717, 1.165) is 0 Å². The zero-order chi connectivity index (χ0) is 19.4. The molecule has 136 valence electrons. The number of nitrogens with one attached hydrogen (secondary N) is 1. The molecule has 0 unspecified atom stereocenters. The SMILES string of the molecule is C=CC(=O)c1ccc(NS(=O)(=O)c2cccc(-c3ccc(F)cc3)c2)cc1. The Hall–Kier alpha value is -3.25. The number of allylic oxidation sites excluding steroid dienone is 1. The van der Waals surface area contributed by atoms with Gasteiger partial charge in [-0.05, 0) is 65.7 Å². The Kier molecular flexibility index (Phi) is 5.19. The highest BCUT2D eigenvalue weighted by Crippen LogP contribution is 2.24. The summed E-state index contributed by atoms with van der Waals surface area (Å²) in [5.41, 5.74) is 2.12. The molecule has 3 aromatic rings. The summed E-state index contributed by atoms with van der Waals surface area (Å²) in [6.07, 6.45) is 1.19. The van der Waals surface area contributed by atoms with E-state index in [-0.39, 0.29) is 16.5 Å². The van der Waals surface area contributed by atoms with Gasteiger partial charge in [0, 0.05) is 11.3 Å². The van der Waals surface area contributed by atoms with Crippen molar-refractivity contribution in [1.82, 2.24) is 0 Å². The van der Waals surface area contributed by atoms with Crippen molar-refractivity contribution in [2.45, 2.75) is 4.90 Å². The molecule has 0 fully saturated rings. The third-order valence-electron chi connectivity index (χ3n) is 3.93. The minimum Gasteiger partial charge on any atom is -0.289 e. The number of ketones is 1. The number of carbonyl (C=O) groups is 1. The summed E-state index contributed by atoms with van der Waals surface area (Å²) >= 11 is 0. The first kappa shape index (κ1) is 18.5. The lowest BCUT2D eigenvalue weighted by molar-refractivity contribution is 0.104. The first-order chi connectivity index (χ1) is 12.9. The van der Waals surface area contributed by atoms with Crippen molar-refractivity contribution in [3.63, 3.8) is 0 Å². The van der Waals surface area contributed by atoms with E-state index < -0.39 is 10.0 Å². The Morgan fingerprint density at radius 2 is 1.59 bits per heavy atom. The highest BCUT2D eigenvalue weighted by Gasteiger charge is 2.15. The molecule has 0 saturated carbocycles. The fraction of sp³-hybridized carbons (Fsp3) is 0. The quantitative estimate of drug-likeness (QED) is 0.499. The third-order valence-corrected chi connectivity index (χ3v) is 5.31. The number of hydrogen-bond acceptors (Lipinski definition) is 3. The van der Waals surface area contributed by atoms with Crippen LogP contribution in [0.15, 0.2) is 90.3 Å². The van der Waals surface area contributed by atoms with Crippen LogP contribution in [0.25, 0.3) is 11.1 Å². The summed E-state index contributed by atoms with van der Waals surface area (Å²) < 4.78 is 40.9. The second-order valence-electron chi connectivity index (χ2n) is 5.79. The second-order valence-corrected chi connectivity index (χ2v) is 7.47. The van der Waals surface area contributed by atoms with Crippen LogP contribution in [0.2, 0.25) is 0 Å². The molecule has 0 bridgehead atoms. The van der Waals surface area contributed by atoms with E-state index in [4.69, 9.17) is 0 Å². The number of anilines is 1. The number of halogens is 1. The molecule has 0 aromatic heterocycles. The third kappa shape index (κ3) is 4.30. The molecule has 0 aliphatic rings.